The predicted octanol–water partition coefficient (Wildman–Crippen LogP) is 5.00. The quantitative estimate of drug-likeness (QED) is 0.741. The number of hydrogen-bond acceptors (Lipinski definition) is 3. The maximum atomic E-state index is 10.7. The van der Waals surface area contributed by atoms with Gasteiger partial charge in [0.1, 0.15) is 5.69 Å². The summed E-state index contributed by atoms with van der Waals surface area (Å²) in [5, 5.41) is 15.7. The first-order chi connectivity index (χ1) is 13.9. The molecule has 0 saturated heterocycles. The topological polar surface area (TPSA) is 51.2 Å². The Balaban J connectivity index is 1.39. The molecule has 3 fully saturated rings. The Kier molecular flexibility index (Phi) is 3.77. The molecule has 0 unspecified atom stereocenters. The summed E-state index contributed by atoms with van der Waals surface area (Å²) in [6.07, 6.45) is 11.3. The van der Waals surface area contributed by atoms with Crippen molar-refractivity contribution in [1.29, 1.82) is 0 Å². The number of aliphatic hydroxyl groups excluding tert-OH is 1. The molecule has 6 rings (SSSR count). The molecule has 0 amide bonds. The molecule has 0 aromatic carbocycles. The zero-order valence-corrected chi connectivity index (χ0v) is 18.0. The van der Waals surface area contributed by atoms with E-state index in [4.69, 9.17) is 9.52 Å². The van der Waals surface area contributed by atoms with Crippen LogP contribution in [0.1, 0.15) is 63.6 Å². The number of fused-ring (bicyclic) bond motifs is 6. The van der Waals surface area contributed by atoms with Gasteiger partial charge in [0, 0.05) is 12.6 Å². The van der Waals surface area contributed by atoms with E-state index in [2.05, 4.69) is 27.0 Å². The average Bonchev–Trinajstić information content (AvgIpc) is 3.38. The Morgan fingerprint density at radius 3 is 2.72 bits per heavy atom. The molecule has 0 radical (unpaired) electrons. The lowest BCUT2D eigenvalue weighted by Crippen LogP contribution is -2.54. The van der Waals surface area contributed by atoms with Gasteiger partial charge in [-0.25, -0.2) is 0 Å². The summed E-state index contributed by atoms with van der Waals surface area (Å²) in [4.78, 5) is 0. The van der Waals surface area contributed by atoms with Crippen LogP contribution in [-0.4, -0.2) is 21.0 Å². The molecular formula is C25H34N2O2. The predicted molar refractivity (Wildman–Crippen MR) is 112 cm³/mol. The van der Waals surface area contributed by atoms with Gasteiger partial charge < -0.3 is 9.52 Å². The second-order valence-electron chi connectivity index (χ2n) is 11.1. The van der Waals surface area contributed by atoms with E-state index < -0.39 is 0 Å². The van der Waals surface area contributed by atoms with Crippen LogP contribution in [0.25, 0.3) is 11.5 Å². The number of furan rings is 1. The molecular weight excluding hydrogens is 360 g/mol. The number of aliphatic hydroxyl groups is 1. The Morgan fingerprint density at radius 2 is 1.93 bits per heavy atom. The molecule has 0 bridgehead atoms. The normalized spacial score (nSPS) is 43.4. The van der Waals surface area contributed by atoms with Gasteiger partial charge in [-0.05, 0) is 98.0 Å². The molecule has 0 aliphatic heterocycles. The molecule has 4 nitrogen and oxygen atoms in total. The molecule has 3 saturated carbocycles. The van der Waals surface area contributed by atoms with E-state index in [1.807, 2.05) is 10.7 Å². The van der Waals surface area contributed by atoms with Crippen LogP contribution in [0.4, 0.5) is 0 Å². The Morgan fingerprint density at radius 1 is 1.10 bits per heavy atom. The first kappa shape index (κ1) is 18.2. The molecule has 0 spiro atoms. The van der Waals surface area contributed by atoms with Gasteiger partial charge >= 0.3 is 0 Å². The lowest BCUT2D eigenvalue weighted by atomic mass is 9.45. The summed E-state index contributed by atoms with van der Waals surface area (Å²) in [7, 11) is 2.07. The number of aryl methyl sites for hydroxylation is 1. The van der Waals surface area contributed by atoms with E-state index >= 15 is 0 Å². The smallest absolute Gasteiger partial charge is 0.152 e. The second-order valence-corrected chi connectivity index (χ2v) is 11.1. The van der Waals surface area contributed by atoms with E-state index in [9.17, 15) is 5.11 Å². The zero-order valence-electron chi connectivity index (χ0n) is 18.0. The van der Waals surface area contributed by atoms with Crippen molar-refractivity contribution >= 4 is 0 Å². The largest absolute Gasteiger partial charge is 0.463 e. The summed E-state index contributed by atoms with van der Waals surface area (Å²) in [5.41, 5.74) is 4.43. The van der Waals surface area contributed by atoms with Gasteiger partial charge in [-0.15, -0.1) is 0 Å². The minimum absolute atomic E-state index is 0.0826. The molecule has 2 heterocycles. The van der Waals surface area contributed by atoms with Gasteiger partial charge in [-0.1, -0.05) is 13.8 Å². The molecule has 4 aliphatic carbocycles. The minimum Gasteiger partial charge on any atom is -0.463 e. The highest BCUT2D eigenvalue weighted by Gasteiger charge is 2.60. The van der Waals surface area contributed by atoms with Gasteiger partial charge in [0.15, 0.2) is 5.76 Å². The van der Waals surface area contributed by atoms with Crippen LogP contribution in [-0.2, 0) is 19.9 Å². The van der Waals surface area contributed by atoms with Gasteiger partial charge in [0.25, 0.3) is 0 Å². The standard InChI is InChI=1S/C25H34N2O2/c1-24-11-10-19-16(18(24)8-9-22(24)28)7-6-15-13-20-17(14-25(15,19)2)23(27(3)26-20)21-5-4-12-29-21/h4-5,12,15-16,18-19,22,28H,6-11,13-14H2,1-3H3/t15-,16-,18-,19-,22-,24-,25-/m0/s1. The van der Waals surface area contributed by atoms with Crippen molar-refractivity contribution in [3.8, 4) is 11.5 Å². The summed E-state index contributed by atoms with van der Waals surface area (Å²) in [6.45, 7) is 4.97. The van der Waals surface area contributed by atoms with Crippen molar-refractivity contribution in [2.45, 2.75) is 71.3 Å². The van der Waals surface area contributed by atoms with Crippen LogP contribution in [0.2, 0.25) is 0 Å². The van der Waals surface area contributed by atoms with Crippen LogP contribution < -0.4 is 0 Å². The highest BCUT2D eigenvalue weighted by molar-refractivity contribution is 5.60. The van der Waals surface area contributed by atoms with Crippen LogP contribution in [0.5, 0.6) is 0 Å². The maximum Gasteiger partial charge on any atom is 0.152 e. The van der Waals surface area contributed by atoms with Gasteiger partial charge in [-0.3, -0.25) is 4.68 Å². The van der Waals surface area contributed by atoms with Gasteiger partial charge in [0.05, 0.1) is 18.1 Å². The third-order valence-electron chi connectivity index (χ3n) is 10.00. The average molecular weight is 395 g/mol. The fourth-order valence-electron chi connectivity index (χ4n) is 8.43. The van der Waals surface area contributed by atoms with Crippen LogP contribution >= 0.6 is 0 Å². The maximum absolute atomic E-state index is 10.7. The van der Waals surface area contributed by atoms with Crippen molar-refractivity contribution in [3.05, 3.63) is 29.7 Å². The SMILES string of the molecule is Cn1nc2c(c1-c1ccco1)C[C@@]1(C)[C@@H](CC[C@@H]3[C@@H]1CC[C@]1(C)[C@@H](O)CC[C@@H]31)C2. The molecule has 7 atom stereocenters. The third-order valence-corrected chi connectivity index (χ3v) is 10.00. The van der Waals surface area contributed by atoms with Crippen molar-refractivity contribution in [2.75, 3.05) is 0 Å². The molecule has 2 aromatic heterocycles. The minimum atomic E-state index is -0.0826. The molecule has 156 valence electrons. The first-order valence-corrected chi connectivity index (χ1v) is 11.7. The van der Waals surface area contributed by atoms with Crippen molar-refractivity contribution in [1.82, 2.24) is 9.78 Å². The summed E-state index contributed by atoms with van der Waals surface area (Å²) < 4.78 is 7.84. The van der Waals surface area contributed by atoms with Crippen LogP contribution in [0, 0.1) is 34.5 Å². The fourth-order valence-corrected chi connectivity index (χ4v) is 8.43. The Bertz CT molecular complexity index is 931. The van der Waals surface area contributed by atoms with Crippen molar-refractivity contribution in [3.63, 3.8) is 0 Å². The lowest BCUT2D eigenvalue weighted by molar-refractivity contribution is -0.111. The number of nitrogens with zero attached hydrogens (tertiary/aromatic N) is 2. The summed E-state index contributed by atoms with van der Waals surface area (Å²) >= 11 is 0. The number of rotatable bonds is 1. The van der Waals surface area contributed by atoms with Gasteiger partial charge in [0.2, 0.25) is 0 Å². The van der Waals surface area contributed by atoms with E-state index in [1.165, 1.54) is 49.1 Å². The van der Waals surface area contributed by atoms with Crippen molar-refractivity contribution < 1.29 is 9.52 Å². The monoisotopic (exact) mass is 394 g/mol. The second kappa shape index (κ2) is 6.00. The number of hydrogen-bond donors (Lipinski definition) is 1. The molecule has 29 heavy (non-hydrogen) atoms. The fraction of sp³-hybridized carbons (Fsp3) is 0.720. The summed E-state index contributed by atoms with van der Waals surface area (Å²) in [5.74, 6) is 3.98. The third kappa shape index (κ3) is 2.33. The van der Waals surface area contributed by atoms with E-state index in [1.54, 1.807) is 6.26 Å². The van der Waals surface area contributed by atoms with Crippen LogP contribution in [0.15, 0.2) is 22.8 Å². The summed E-state index contributed by atoms with van der Waals surface area (Å²) in [6, 6.07) is 4.05. The van der Waals surface area contributed by atoms with E-state index in [0.717, 1.165) is 42.8 Å². The molecule has 4 heteroatoms. The van der Waals surface area contributed by atoms with Crippen molar-refractivity contribution in [2.24, 2.45) is 41.5 Å². The lowest BCUT2D eigenvalue weighted by Gasteiger charge is -2.60. The Labute approximate surface area is 173 Å². The molecule has 2 aromatic rings. The highest BCUT2D eigenvalue weighted by atomic mass is 16.3. The van der Waals surface area contributed by atoms with E-state index in [-0.39, 0.29) is 11.5 Å². The van der Waals surface area contributed by atoms with Crippen LogP contribution in [0.3, 0.4) is 0 Å². The Hall–Kier alpha value is -1.55. The van der Waals surface area contributed by atoms with Gasteiger partial charge in [-0.2, -0.15) is 5.10 Å². The molecule has 1 N–H and O–H groups in total. The molecule has 4 aliphatic rings. The zero-order chi connectivity index (χ0) is 20.0. The number of aromatic nitrogens is 2. The van der Waals surface area contributed by atoms with E-state index in [0.29, 0.717) is 11.3 Å². The first-order valence-electron chi connectivity index (χ1n) is 11.7. The highest BCUT2D eigenvalue weighted by Crippen LogP contribution is 2.65.